The average molecular weight is 350 g/mol. The molecule has 112 valence electrons. The van der Waals surface area contributed by atoms with Crippen molar-refractivity contribution in [3.8, 4) is 5.75 Å². The molecule has 2 aromatic rings. The van der Waals surface area contributed by atoms with E-state index in [9.17, 15) is 0 Å². The summed E-state index contributed by atoms with van der Waals surface area (Å²) in [6.45, 7) is 3.13. The molecule has 1 atom stereocenters. The molecule has 0 spiro atoms. The molecule has 2 rings (SSSR count). The van der Waals surface area contributed by atoms with Gasteiger partial charge in [-0.1, -0.05) is 40.2 Å². The van der Waals surface area contributed by atoms with Crippen LogP contribution in [0.2, 0.25) is 0 Å². The molecule has 1 unspecified atom stereocenters. The molecular formula is C17H20BrNO2. The molecule has 0 amide bonds. The fraction of sp³-hybridized carbons (Fsp3) is 0.294. The maximum atomic E-state index is 6.45. The molecule has 0 heterocycles. The van der Waals surface area contributed by atoms with Gasteiger partial charge in [-0.3, -0.25) is 0 Å². The number of hydrogen-bond acceptors (Lipinski definition) is 3. The molecule has 4 heteroatoms. The van der Waals surface area contributed by atoms with Crippen molar-refractivity contribution in [3.63, 3.8) is 0 Å². The zero-order chi connectivity index (χ0) is 15.2. The fourth-order valence-electron chi connectivity index (χ4n) is 2.26. The van der Waals surface area contributed by atoms with Gasteiger partial charge in [0.05, 0.1) is 12.6 Å². The summed E-state index contributed by atoms with van der Waals surface area (Å²) in [6.07, 6.45) is 0. The van der Waals surface area contributed by atoms with E-state index < -0.39 is 0 Å². The summed E-state index contributed by atoms with van der Waals surface area (Å²) in [6, 6.07) is 13.8. The van der Waals surface area contributed by atoms with Crippen molar-refractivity contribution < 1.29 is 9.47 Å². The van der Waals surface area contributed by atoms with Crippen LogP contribution in [0.5, 0.6) is 5.75 Å². The maximum Gasteiger partial charge on any atom is 0.124 e. The Balaban J connectivity index is 2.27. The normalized spacial score (nSPS) is 12.2. The highest BCUT2D eigenvalue weighted by atomic mass is 79.9. The Labute approximate surface area is 134 Å². The van der Waals surface area contributed by atoms with Crippen molar-refractivity contribution in [1.29, 1.82) is 0 Å². The van der Waals surface area contributed by atoms with Crippen LogP contribution in [0.1, 0.15) is 22.7 Å². The van der Waals surface area contributed by atoms with E-state index in [1.165, 1.54) is 0 Å². The Morgan fingerprint density at radius 2 is 1.86 bits per heavy atom. The van der Waals surface area contributed by atoms with Gasteiger partial charge in [0.15, 0.2) is 0 Å². The van der Waals surface area contributed by atoms with E-state index in [4.69, 9.17) is 15.2 Å². The van der Waals surface area contributed by atoms with Gasteiger partial charge in [-0.05, 0) is 36.2 Å². The van der Waals surface area contributed by atoms with Crippen LogP contribution in [0.25, 0.3) is 0 Å². The van der Waals surface area contributed by atoms with Crippen LogP contribution in [0, 0.1) is 6.92 Å². The van der Waals surface area contributed by atoms with Gasteiger partial charge < -0.3 is 15.2 Å². The molecule has 0 aliphatic carbocycles. The van der Waals surface area contributed by atoms with Crippen LogP contribution in [-0.4, -0.2) is 20.3 Å². The summed E-state index contributed by atoms with van der Waals surface area (Å²) < 4.78 is 11.8. The SMILES string of the molecule is COCCOc1ccccc1C(N)c1ccc(Br)cc1C. The average Bonchev–Trinajstić information content (AvgIpc) is 2.47. The lowest BCUT2D eigenvalue weighted by atomic mass is 9.95. The Morgan fingerprint density at radius 3 is 2.57 bits per heavy atom. The standard InChI is InChI=1S/C17H20BrNO2/c1-12-11-13(18)7-8-14(12)17(19)15-5-3-4-6-16(15)21-10-9-20-2/h3-8,11,17H,9-10,19H2,1-2H3. The second-order valence-corrected chi connectivity index (χ2v) is 5.77. The van der Waals surface area contributed by atoms with Gasteiger partial charge in [0.2, 0.25) is 0 Å². The number of halogens is 1. The second kappa shape index (κ2) is 7.59. The van der Waals surface area contributed by atoms with Gasteiger partial charge in [-0.15, -0.1) is 0 Å². The fourth-order valence-corrected chi connectivity index (χ4v) is 2.74. The van der Waals surface area contributed by atoms with Gasteiger partial charge in [0.1, 0.15) is 12.4 Å². The topological polar surface area (TPSA) is 44.5 Å². The van der Waals surface area contributed by atoms with E-state index >= 15 is 0 Å². The molecule has 2 N–H and O–H groups in total. The van der Waals surface area contributed by atoms with Crippen LogP contribution in [-0.2, 0) is 4.74 Å². The van der Waals surface area contributed by atoms with Gasteiger partial charge in [0.25, 0.3) is 0 Å². The Bertz CT molecular complexity index is 601. The third kappa shape index (κ3) is 4.06. The van der Waals surface area contributed by atoms with Crippen molar-refractivity contribution in [2.45, 2.75) is 13.0 Å². The largest absolute Gasteiger partial charge is 0.491 e. The number of nitrogens with two attached hydrogens (primary N) is 1. The van der Waals surface area contributed by atoms with Crippen LogP contribution >= 0.6 is 15.9 Å². The van der Waals surface area contributed by atoms with Gasteiger partial charge in [0, 0.05) is 17.1 Å². The lowest BCUT2D eigenvalue weighted by Gasteiger charge is -2.19. The van der Waals surface area contributed by atoms with E-state index in [1.807, 2.05) is 30.3 Å². The predicted molar refractivity (Wildman–Crippen MR) is 88.7 cm³/mol. The molecular weight excluding hydrogens is 330 g/mol. The van der Waals surface area contributed by atoms with Crippen LogP contribution in [0.4, 0.5) is 0 Å². The molecule has 0 saturated heterocycles. The smallest absolute Gasteiger partial charge is 0.124 e. The van der Waals surface area contributed by atoms with Crippen molar-refractivity contribution in [2.75, 3.05) is 20.3 Å². The highest BCUT2D eigenvalue weighted by Gasteiger charge is 2.16. The number of hydrogen-bond donors (Lipinski definition) is 1. The summed E-state index contributed by atoms with van der Waals surface area (Å²) in [7, 11) is 1.66. The molecule has 2 aromatic carbocycles. The third-order valence-electron chi connectivity index (χ3n) is 3.37. The zero-order valence-electron chi connectivity index (χ0n) is 12.3. The van der Waals surface area contributed by atoms with Crippen LogP contribution < -0.4 is 10.5 Å². The Hall–Kier alpha value is -1.36. The molecule has 0 saturated carbocycles. The zero-order valence-corrected chi connectivity index (χ0v) is 13.9. The molecule has 0 aliphatic heterocycles. The lowest BCUT2D eigenvalue weighted by molar-refractivity contribution is 0.145. The summed E-state index contributed by atoms with van der Waals surface area (Å²) in [5.41, 5.74) is 9.69. The Morgan fingerprint density at radius 1 is 1.10 bits per heavy atom. The lowest BCUT2D eigenvalue weighted by Crippen LogP contribution is -2.15. The van der Waals surface area contributed by atoms with Crippen LogP contribution in [0.15, 0.2) is 46.9 Å². The number of methoxy groups -OCH3 is 1. The van der Waals surface area contributed by atoms with Crippen molar-refractivity contribution in [3.05, 3.63) is 63.6 Å². The number of ether oxygens (including phenoxy) is 2. The minimum atomic E-state index is -0.211. The highest BCUT2D eigenvalue weighted by molar-refractivity contribution is 9.10. The van der Waals surface area contributed by atoms with Crippen molar-refractivity contribution in [1.82, 2.24) is 0 Å². The third-order valence-corrected chi connectivity index (χ3v) is 3.86. The Kier molecular flexibility index (Phi) is 5.79. The van der Waals surface area contributed by atoms with Gasteiger partial charge >= 0.3 is 0 Å². The quantitative estimate of drug-likeness (QED) is 0.806. The minimum absolute atomic E-state index is 0.211. The molecule has 3 nitrogen and oxygen atoms in total. The first-order valence-corrected chi connectivity index (χ1v) is 7.65. The molecule has 0 aliphatic rings. The maximum absolute atomic E-state index is 6.45. The molecule has 0 radical (unpaired) electrons. The molecule has 0 fully saturated rings. The van der Waals surface area contributed by atoms with Gasteiger partial charge in [-0.2, -0.15) is 0 Å². The number of rotatable bonds is 6. The summed E-state index contributed by atoms with van der Waals surface area (Å²) in [4.78, 5) is 0. The first-order chi connectivity index (χ1) is 10.1. The minimum Gasteiger partial charge on any atom is -0.491 e. The van der Waals surface area contributed by atoms with Crippen LogP contribution in [0.3, 0.4) is 0 Å². The highest BCUT2D eigenvalue weighted by Crippen LogP contribution is 2.30. The van der Waals surface area contributed by atoms with Gasteiger partial charge in [-0.25, -0.2) is 0 Å². The molecule has 0 aromatic heterocycles. The second-order valence-electron chi connectivity index (χ2n) is 4.86. The summed E-state index contributed by atoms with van der Waals surface area (Å²) in [5, 5.41) is 0. The number of benzene rings is 2. The van der Waals surface area contributed by atoms with Crippen molar-refractivity contribution in [2.24, 2.45) is 5.73 Å². The summed E-state index contributed by atoms with van der Waals surface area (Å²) >= 11 is 3.48. The van der Waals surface area contributed by atoms with E-state index in [0.29, 0.717) is 13.2 Å². The van der Waals surface area contributed by atoms with E-state index in [-0.39, 0.29) is 6.04 Å². The van der Waals surface area contributed by atoms with E-state index in [1.54, 1.807) is 7.11 Å². The molecule has 21 heavy (non-hydrogen) atoms. The van der Waals surface area contributed by atoms with E-state index in [2.05, 4.69) is 35.0 Å². The van der Waals surface area contributed by atoms with E-state index in [0.717, 1.165) is 26.9 Å². The predicted octanol–water partition coefficient (Wildman–Crippen LogP) is 3.83. The number of aryl methyl sites for hydroxylation is 1. The summed E-state index contributed by atoms with van der Waals surface area (Å²) in [5.74, 6) is 0.810. The van der Waals surface area contributed by atoms with Crippen molar-refractivity contribution >= 4 is 15.9 Å². The first kappa shape index (κ1) is 16.0. The first-order valence-electron chi connectivity index (χ1n) is 6.85. The number of para-hydroxylation sites is 1. The molecule has 0 bridgehead atoms. The monoisotopic (exact) mass is 349 g/mol.